The van der Waals surface area contributed by atoms with Crippen molar-refractivity contribution in [2.45, 2.75) is 12.8 Å². The number of carbonyl (C=O) groups is 1. The van der Waals surface area contributed by atoms with Crippen LogP contribution in [0.1, 0.15) is 23.2 Å². The Morgan fingerprint density at radius 1 is 1.44 bits per heavy atom. The molecule has 98 valence electrons. The molecular formula is C13H16ClNO3. The molecule has 1 aliphatic rings. The number of carboxylic acids is 1. The summed E-state index contributed by atoms with van der Waals surface area (Å²) in [6, 6.07) is 4.74. The lowest BCUT2D eigenvalue weighted by molar-refractivity contribution is 0.0694. The number of benzene rings is 1. The highest BCUT2D eigenvalue weighted by Gasteiger charge is 2.14. The van der Waals surface area contributed by atoms with Crippen molar-refractivity contribution in [3.8, 4) is 0 Å². The van der Waals surface area contributed by atoms with Crippen molar-refractivity contribution in [3.05, 3.63) is 28.8 Å². The van der Waals surface area contributed by atoms with Gasteiger partial charge < -0.3 is 15.2 Å². The molecule has 0 spiro atoms. The first-order valence-corrected chi connectivity index (χ1v) is 6.39. The number of aromatic carboxylic acids is 1. The zero-order valence-corrected chi connectivity index (χ0v) is 10.7. The predicted molar refractivity (Wildman–Crippen MR) is 70.4 cm³/mol. The Hall–Kier alpha value is -1.26. The third-order valence-electron chi connectivity index (χ3n) is 3.14. The molecule has 1 saturated heterocycles. The maximum absolute atomic E-state index is 10.8. The molecule has 0 atom stereocenters. The second-order valence-electron chi connectivity index (χ2n) is 4.44. The van der Waals surface area contributed by atoms with E-state index < -0.39 is 5.97 Å². The average Bonchev–Trinajstić information content (AvgIpc) is 2.38. The van der Waals surface area contributed by atoms with E-state index in [0.717, 1.165) is 38.3 Å². The molecule has 18 heavy (non-hydrogen) atoms. The Labute approximate surface area is 111 Å². The Morgan fingerprint density at radius 2 is 2.17 bits per heavy atom. The van der Waals surface area contributed by atoms with E-state index in [1.807, 2.05) is 0 Å². The van der Waals surface area contributed by atoms with E-state index in [1.54, 1.807) is 12.1 Å². The van der Waals surface area contributed by atoms with Gasteiger partial charge in [0.25, 0.3) is 0 Å². The number of carboxylic acid groups (broad SMARTS) is 1. The van der Waals surface area contributed by atoms with E-state index in [-0.39, 0.29) is 5.56 Å². The van der Waals surface area contributed by atoms with Gasteiger partial charge >= 0.3 is 5.97 Å². The Bertz CT molecular complexity index is 430. The molecule has 2 N–H and O–H groups in total. The Morgan fingerprint density at radius 3 is 2.78 bits per heavy atom. The lowest BCUT2D eigenvalue weighted by Crippen LogP contribution is -2.22. The van der Waals surface area contributed by atoms with Crippen LogP contribution in [-0.4, -0.2) is 30.8 Å². The smallest absolute Gasteiger partial charge is 0.335 e. The van der Waals surface area contributed by atoms with Crippen molar-refractivity contribution in [2.75, 3.05) is 25.1 Å². The lowest BCUT2D eigenvalue weighted by Gasteiger charge is -2.23. The minimum Gasteiger partial charge on any atom is -0.478 e. The van der Waals surface area contributed by atoms with Crippen molar-refractivity contribution in [2.24, 2.45) is 5.92 Å². The van der Waals surface area contributed by atoms with Crippen LogP contribution in [0.4, 0.5) is 5.69 Å². The molecule has 0 amide bonds. The van der Waals surface area contributed by atoms with Crippen molar-refractivity contribution in [3.63, 3.8) is 0 Å². The van der Waals surface area contributed by atoms with Gasteiger partial charge in [0.15, 0.2) is 0 Å². The quantitative estimate of drug-likeness (QED) is 0.882. The van der Waals surface area contributed by atoms with Crippen molar-refractivity contribution in [1.29, 1.82) is 0 Å². The van der Waals surface area contributed by atoms with Crippen LogP contribution < -0.4 is 5.32 Å². The lowest BCUT2D eigenvalue weighted by atomic mass is 10.0. The van der Waals surface area contributed by atoms with E-state index in [2.05, 4.69) is 5.32 Å². The SMILES string of the molecule is O=C(O)c1ccc(NCC2CCOCC2)c(Cl)c1. The summed E-state index contributed by atoms with van der Waals surface area (Å²) in [5.41, 5.74) is 0.991. The number of rotatable bonds is 4. The van der Waals surface area contributed by atoms with Crippen LogP contribution in [0.5, 0.6) is 0 Å². The number of hydrogen-bond acceptors (Lipinski definition) is 3. The Kier molecular flexibility index (Phi) is 4.44. The van der Waals surface area contributed by atoms with E-state index in [1.165, 1.54) is 6.07 Å². The molecule has 0 aliphatic carbocycles. The van der Waals surface area contributed by atoms with E-state index in [4.69, 9.17) is 21.4 Å². The second-order valence-corrected chi connectivity index (χ2v) is 4.84. The zero-order chi connectivity index (χ0) is 13.0. The monoisotopic (exact) mass is 269 g/mol. The first kappa shape index (κ1) is 13.2. The highest BCUT2D eigenvalue weighted by atomic mass is 35.5. The first-order chi connectivity index (χ1) is 8.66. The van der Waals surface area contributed by atoms with Crippen LogP contribution in [0, 0.1) is 5.92 Å². The summed E-state index contributed by atoms with van der Waals surface area (Å²) in [6.07, 6.45) is 2.11. The van der Waals surface area contributed by atoms with Crippen LogP contribution in [0.15, 0.2) is 18.2 Å². The largest absolute Gasteiger partial charge is 0.478 e. The molecule has 0 aromatic heterocycles. The second kappa shape index (κ2) is 6.07. The molecule has 2 rings (SSSR count). The van der Waals surface area contributed by atoms with Crippen LogP contribution in [0.25, 0.3) is 0 Å². The maximum Gasteiger partial charge on any atom is 0.335 e. The highest BCUT2D eigenvalue weighted by Crippen LogP contribution is 2.24. The predicted octanol–water partition coefficient (Wildman–Crippen LogP) is 2.88. The topological polar surface area (TPSA) is 58.6 Å². The number of hydrogen-bond donors (Lipinski definition) is 2. The van der Waals surface area contributed by atoms with Crippen molar-refractivity contribution < 1.29 is 14.6 Å². The third-order valence-corrected chi connectivity index (χ3v) is 3.45. The van der Waals surface area contributed by atoms with Crippen molar-refractivity contribution >= 4 is 23.3 Å². The molecule has 1 fully saturated rings. The standard InChI is InChI=1S/C13H16ClNO3/c14-11-7-10(13(16)17)1-2-12(11)15-8-9-3-5-18-6-4-9/h1-2,7,9,15H,3-6,8H2,(H,16,17). The van der Waals surface area contributed by atoms with Gasteiger partial charge in [-0.05, 0) is 37.0 Å². The molecule has 0 bridgehead atoms. The minimum absolute atomic E-state index is 0.205. The van der Waals surface area contributed by atoms with Gasteiger partial charge in [-0.1, -0.05) is 11.6 Å². The molecule has 5 heteroatoms. The minimum atomic E-state index is -0.965. The molecule has 1 aromatic carbocycles. The molecular weight excluding hydrogens is 254 g/mol. The van der Waals surface area contributed by atoms with Gasteiger partial charge in [-0.25, -0.2) is 4.79 Å². The van der Waals surface area contributed by atoms with Crippen LogP contribution in [0.2, 0.25) is 5.02 Å². The molecule has 1 heterocycles. The number of anilines is 1. The van der Waals surface area contributed by atoms with Gasteiger partial charge in [0.2, 0.25) is 0 Å². The highest BCUT2D eigenvalue weighted by molar-refractivity contribution is 6.33. The number of nitrogens with one attached hydrogen (secondary N) is 1. The van der Waals surface area contributed by atoms with E-state index >= 15 is 0 Å². The Balaban J connectivity index is 1.94. The molecule has 4 nitrogen and oxygen atoms in total. The molecule has 0 unspecified atom stereocenters. The summed E-state index contributed by atoms with van der Waals surface area (Å²) < 4.78 is 5.30. The summed E-state index contributed by atoms with van der Waals surface area (Å²) in [6.45, 7) is 2.48. The molecule has 0 saturated carbocycles. The van der Waals surface area contributed by atoms with Crippen LogP contribution >= 0.6 is 11.6 Å². The van der Waals surface area contributed by atoms with E-state index in [9.17, 15) is 4.79 Å². The van der Waals surface area contributed by atoms with E-state index in [0.29, 0.717) is 10.9 Å². The summed E-state index contributed by atoms with van der Waals surface area (Å²) >= 11 is 6.04. The van der Waals surface area contributed by atoms with Gasteiger partial charge in [-0.15, -0.1) is 0 Å². The van der Waals surface area contributed by atoms with Crippen LogP contribution in [0.3, 0.4) is 0 Å². The average molecular weight is 270 g/mol. The van der Waals surface area contributed by atoms with Gasteiger partial charge in [-0.2, -0.15) is 0 Å². The molecule has 1 aliphatic heterocycles. The number of ether oxygens (including phenoxy) is 1. The summed E-state index contributed by atoms with van der Waals surface area (Å²) in [5.74, 6) is -0.373. The molecule has 1 aromatic rings. The summed E-state index contributed by atoms with van der Waals surface area (Å²) in [4.78, 5) is 10.8. The van der Waals surface area contributed by atoms with Crippen LogP contribution in [-0.2, 0) is 4.74 Å². The number of halogens is 1. The van der Waals surface area contributed by atoms with Gasteiger partial charge in [0.05, 0.1) is 16.3 Å². The van der Waals surface area contributed by atoms with Crippen molar-refractivity contribution in [1.82, 2.24) is 0 Å². The van der Waals surface area contributed by atoms with Gasteiger partial charge in [-0.3, -0.25) is 0 Å². The zero-order valence-electron chi connectivity index (χ0n) is 9.99. The fourth-order valence-corrected chi connectivity index (χ4v) is 2.24. The molecule has 0 radical (unpaired) electrons. The normalized spacial score (nSPS) is 16.5. The maximum atomic E-state index is 10.8. The fourth-order valence-electron chi connectivity index (χ4n) is 2.00. The summed E-state index contributed by atoms with van der Waals surface area (Å²) in [5, 5.41) is 12.6. The van der Waals surface area contributed by atoms with Gasteiger partial charge in [0, 0.05) is 19.8 Å². The first-order valence-electron chi connectivity index (χ1n) is 6.01. The fraction of sp³-hybridized carbons (Fsp3) is 0.462. The van der Waals surface area contributed by atoms with Gasteiger partial charge in [0.1, 0.15) is 0 Å². The third kappa shape index (κ3) is 3.37. The summed E-state index contributed by atoms with van der Waals surface area (Å²) in [7, 11) is 0.